The van der Waals surface area contributed by atoms with Gasteiger partial charge in [0.05, 0.1) is 0 Å². The molecule has 0 aromatic carbocycles. The summed E-state index contributed by atoms with van der Waals surface area (Å²) in [6.45, 7) is 6.53. The highest BCUT2D eigenvalue weighted by Gasteiger charge is 2.19. The zero-order chi connectivity index (χ0) is 59.9. The minimum Gasteiger partial charge on any atom is -0.462 e. The number of hydrogen-bond acceptors (Lipinski definition) is 6. The zero-order valence-electron chi connectivity index (χ0n) is 54.9. The standard InChI is InChI=1S/C77H134O6/c1-4-7-10-13-16-19-22-25-28-30-32-34-35-36-37-38-39-40-41-43-44-46-49-52-55-58-61-64-67-70-76(79)82-73-74(72-81-75(78)69-66-63-60-57-54-51-48-27-24-21-18-15-12-9-6-3)83-77(80)71-68-65-62-59-56-53-50-47-45-42-33-31-29-26-23-20-17-14-11-8-5-2/h7,10,16,18-19,21,25,27-28,31-34,36-37,48,74H,4-6,8-9,11-15,17,20,22-24,26,29-30,35,38-47,49-73H2,1-3H3/b10-7-,19-16-,21-18-,28-25-,33-31-,34-32-,37-36-,48-27-. The molecule has 6 nitrogen and oxygen atoms in total. The van der Waals surface area contributed by atoms with E-state index < -0.39 is 6.10 Å². The molecule has 0 aliphatic rings. The maximum atomic E-state index is 13.0. The molecule has 1 unspecified atom stereocenters. The fraction of sp³-hybridized carbons (Fsp3) is 0.753. The van der Waals surface area contributed by atoms with Crippen molar-refractivity contribution >= 4 is 17.9 Å². The Kier molecular flexibility index (Phi) is 67.7. The Morgan fingerprint density at radius 1 is 0.253 bits per heavy atom. The van der Waals surface area contributed by atoms with E-state index in [1.165, 1.54) is 205 Å². The lowest BCUT2D eigenvalue weighted by Gasteiger charge is -2.18. The van der Waals surface area contributed by atoms with Gasteiger partial charge in [-0.2, -0.15) is 0 Å². The molecule has 1 atom stereocenters. The van der Waals surface area contributed by atoms with Crippen LogP contribution >= 0.6 is 0 Å². The van der Waals surface area contributed by atoms with Crippen molar-refractivity contribution in [2.75, 3.05) is 13.2 Å². The lowest BCUT2D eigenvalue weighted by atomic mass is 10.0. The van der Waals surface area contributed by atoms with Crippen molar-refractivity contribution in [3.8, 4) is 0 Å². The molecule has 0 fully saturated rings. The topological polar surface area (TPSA) is 78.9 Å². The largest absolute Gasteiger partial charge is 0.462 e. The van der Waals surface area contributed by atoms with E-state index in [0.29, 0.717) is 19.3 Å². The number of rotatable bonds is 65. The molecule has 0 heterocycles. The monoisotopic (exact) mass is 1160 g/mol. The van der Waals surface area contributed by atoms with Crippen molar-refractivity contribution in [2.24, 2.45) is 0 Å². The van der Waals surface area contributed by atoms with Crippen LogP contribution in [0.3, 0.4) is 0 Å². The highest BCUT2D eigenvalue weighted by molar-refractivity contribution is 5.71. The molecule has 0 amide bonds. The average Bonchev–Trinajstić information content (AvgIpc) is 3.49. The molecule has 83 heavy (non-hydrogen) atoms. The van der Waals surface area contributed by atoms with E-state index in [1.54, 1.807) is 0 Å². The molecular formula is C77H134O6. The van der Waals surface area contributed by atoms with E-state index in [9.17, 15) is 14.4 Å². The predicted octanol–water partition coefficient (Wildman–Crippen LogP) is 24.8. The first-order valence-electron chi connectivity index (χ1n) is 35.7. The number of hydrogen-bond donors (Lipinski definition) is 0. The van der Waals surface area contributed by atoms with Crippen LogP contribution in [-0.2, 0) is 28.6 Å². The van der Waals surface area contributed by atoms with Crippen molar-refractivity contribution in [3.05, 3.63) is 97.2 Å². The van der Waals surface area contributed by atoms with Crippen LogP contribution in [0, 0.1) is 0 Å². The Labute approximate surface area is 515 Å². The Morgan fingerprint density at radius 3 is 0.771 bits per heavy atom. The first-order chi connectivity index (χ1) is 41.0. The maximum absolute atomic E-state index is 13.0. The maximum Gasteiger partial charge on any atom is 0.306 e. The number of carbonyl (C=O) groups excluding carboxylic acids is 3. The van der Waals surface area contributed by atoms with E-state index >= 15 is 0 Å². The summed E-state index contributed by atoms with van der Waals surface area (Å²) < 4.78 is 17.0. The summed E-state index contributed by atoms with van der Waals surface area (Å²) in [5, 5.41) is 0. The number of carbonyl (C=O) groups is 3. The fourth-order valence-electron chi connectivity index (χ4n) is 10.2. The summed E-state index contributed by atoms with van der Waals surface area (Å²) in [6.07, 6.45) is 95.7. The molecule has 0 saturated carbocycles. The minimum atomic E-state index is -0.786. The van der Waals surface area contributed by atoms with Crippen LogP contribution in [0.4, 0.5) is 0 Å². The Hall–Kier alpha value is -3.67. The summed E-state index contributed by atoms with van der Waals surface area (Å²) >= 11 is 0. The summed E-state index contributed by atoms with van der Waals surface area (Å²) in [5.74, 6) is -0.882. The minimum absolute atomic E-state index is 0.0811. The van der Waals surface area contributed by atoms with E-state index in [1.807, 2.05) is 0 Å². The SMILES string of the molecule is CC/C=C\C/C=C\C/C=C\C/C=C\C/C=C\CCCCCCCCCCCCCCCC(=O)OCC(COC(=O)CCCCCCC/C=C\C/C=C\CCCCC)OC(=O)CCCCCCCCCCC/C=C\CCCCCCCCCC. The summed E-state index contributed by atoms with van der Waals surface area (Å²) in [4.78, 5) is 38.5. The van der Waals surface area contributed by atoms with Crippen LogP contribution in [0.1, 0.15) is 355 Å². The van der Waals surface area contributed by atoms with Crippen LogP contribution in [0.2, 0.25) is 0 Å². The fourth-order valence-corrected chi connectivity index (χ4v) is 10.2. The second-order valence-corrected chi connectivity index (χ2v) is 23.8. The van der Waals surface area contributed by atoms with Crippen LogP contribution < -0.4 is 0 Å². The van der Waals surface area contributed by atoms with Gasteiger partial charge >= 0.3 is 17.9 Å². The summed E-state index contributed by atoms with van der Waals surface area (Å²) in [7, 11) is 0. The molecule has 0 N–H and O–H groups in total. The van der Waals surface area contributed by atoms with Gasteiger partial charge in [0.2, 0.25) is 0 Å². The highest BCUT2D eigenvalue weighted by Crippen LogP contribution is 2.17. The summed E-state index contributed by atoms with van der Waals surface area (Å²) in [5.41, 5.74) is 0. The van der Waals surface area contributed by atoms with Crippen molar-refractivity contribution in [2.45, 2.75) is 361 Å². The highest BCUT2D eigenvalue weighted by atomic mass is 16.6. The van der Waals surface area contributed by atoms with E-state index in [2.05, 4.69) is 118 Å². The Morgan fingerprint density at radius 2 is 0.470 bits per heavy atom. The normalized spacial score (nSPS) is 12.7. The van der Waals surface area contributed by atoms with E-state index in [-0.39, 0.29) is 31.1 Å². The van der Waals surface area contributed by atoms with Crippen molar-refractivity contribution < 1.29 is 28.6 Å². The molecule has 0 radical (unpaired) electrons. The first kappa shape index (κ1) is 79.3. The lowest BCUT2D eigenvalue weighted by Crippen LogP contribution is -2.30. The predicted molar refractivity (Wildman–Crippen MR) is 362 cm³/mol. The third-order valence-corrected chi connectivity index (χ3v) is 15.5. The van der Waals surface area contributed by atoms with Crippen LogP contribution in [0.5, 0.6) is 0 Å². The number of ether oxygens (including phenoxy) is 3. The second kappa shape index (κ2) is 70.8. The van der Waals surface area contributed by atoms with Crippen molar-refractivity contribution in [1.82, 2.24) is 0 Å². The average molecular weight is 1160 g/mol. The molecule has 0 aromatic rings. The molecule has 478 valence electrons. The number of allylic oxidation sites excluding steroid dienone is 16. The van der Waals surface area contributed by atoms with Gasteiger partial charge in [-0.15, -0.1) is 0 Å². The van der Waals surface area contributed by atoms with Crippen molar-refractivity contribution in [1.29, 1.82) is 0 Å². The molecule has 6 heteroatoms. The van der Waals surface area contributed by atoms with Gasteiger partial charge in [-0.25, -0.2) is 0 Å². The Balaban J connectivity index is 4.30. The summed E-state index contributed by atoms with van der Waals surface area (Å²) in [6, 6.07) is 0. The van der Waals surface area contributed by atoms with Gasteiger partial charge in [-0.1, -0.05) is 311 Å². The molecular weight excluding hydrogens is 1020 g/mol. The van der Waals surface area contributed by atoms with E-state index in [4.69, 9.17) is 14.2 Å². The molecule has 0 aromatic heterocycles. The Bertz CT molecular complexity index is 1610. The van der Waals surface area contributed by atoms with Gasteiger partial charge in [0.1, 0.15) is 13.2 Å². The lowest BCUT2D eigenvalue weighted by molar-refractivity contribution is -0.167. The quantitative estimate of drug-likeness (QED) is 0.0261. The number of esters is 3. The van der Waals surface area contributed by atoms with Gasteiger partial charge in [0.25, 0.3) is 0 Å². The molecule has 0 aliphatic carbocycles. The van der Waals surface area contributed by atoms with Crippen LogP contribution in [0.25, 0.3) is 0 Å². The third kappa shape index (κ3) is 69.0. The number of unbranched alkanes of at least 4 members (excludes halogenated alkanes) is 38. The molecule has 0 aliphatic heterocycles. The zero-order valence-corrected chi connectivity index (χ0v) is 54.9. The first-order valence-corrected chi connectivity index (χ1v) is 35.7. The molecule has 0 spiro atoms. The van der Waals surface area contributed by atoms with Crippen LogP contribution in [-0.4, -0.2) is 37.2 Å². The van der Waals surface area contributed by atoms with Gasteiger partial charge in [0.15, 0.2) is 6.10 Å². The molecule has 0 bridgehead atoms. The molecule has 0 rings (SSSR count). The van der Waals surface area contributed by atoms with Gasteiger partial charge in [-0.3, -0.25) is 14.4 Å². The van der Waals surface area contributed by atoms with Crippen molar-refractivity contribution in [3.63, 3.8) is 0 Å². The molecule has 0 saturated heterocycles. The van der Waals surface area contributed by atoms with Gasteiger partial charge in [0, 0.05) is 19.3 Å². The van der Waals surface area contributed by atoms with Crippen LogP contribution in [0.15, 0.2) is 97.2 Å². The smallest absolute Gasteiger partial charge is 0.306 e. The van der Waals surface area contributed by atoms with Gasteiger partial charge in [-0.05, 0) is 122 Å². The van der Waals surface area contributed by atoms with E-state index in [0.717, 1.165) is 109 Å². The second-order valence-electron chi connectivity index (χ2n) is 23.8. The van der Waals surface area contributed by atoms with Gasteiger partial charge < -0.3 is 14.2 Å². The third-order valence-electron chi connectivity index (χ3n) is 15.5.